The van der Waals surface area contributed by atoms with Gasteiger partial charge >= 0.3 is 0 Å². The molecule has 4 rings (SSSR count). The van der Waals surface area contributed by atoms with Crippen molar-refractivity contribution in [2.24, 2.45) is 5.92 Å². The molecule has 2 amide bonds. The highest BCUT2D eigenvalue weighted by atomic mass is 16.2. The van der Waals surface area contributed by atoms with Crippen LogP contribution in [-0.4, -0.2) is 31.4 Å². The molecule has 0 spiro atoms. The number of hydrogen-bond donors (Lipinski definition) is 1. The van der Waals surface area contributed by atoms with E-state index in [0.717, 1.165) is 35.6 Å². The maximum atomic E-state index is 12.8. The molecule has 0 bridgehead atoms. The van der Waals surface area contributed by atoms with Crippen LogP contribution in [0.15, 0.2) is 42.5 Å². The lowest BCUT2D eigenvalue weighted by Crippen LogP contribution is -2.30. The molecule has 2 aromatic carbocycles. The molecular formula is C24H29N3O2. The maximum absolute atomic E-state index is 12.8. The van der Waals surface area contributed by atoms with Gasteiger partial charge in [-0.25, -0.2) is 0 Å². The lowest BCUT2D eigenvalue weighted by Gasteiger charge is -2.29. The van der Waals surface area contributed by atoms with E-state index >= 15 is 0 Å². The van der Waals surface area contributed by atoms with Gasteiger partial charge in [0, 0.05) is 43.1 Å². The highest BCUT2D eigenvalue weighted by Gasteiger charge is 2.35. The standard InChI is InChI=1S/C24H29N3O2/c1-17-7-6-8-22(18(17)2)25-24(29)19-15-23(28)27(16-19)21-11-9-20(10-12-21)26-13-4-3-5-14-26/h6-12,19H,3-5,13-16H2,1-2H3,(H,25,29). The van der Waals surface area contributed by atoms with Crippen molar-refractivity contribution >= 4 is 28.9 Å². The van der Waals surface area contributed by atoms with E-state index < -0.39 is 0 Å². The highest BCUT2D eigenvalue weighted by molar-refractivity contribution is 6.03. The molecule has 2 saturated heterocycles. The number of nitrogens with one attached hydrogen (secondary N) is 1. The second kappa shape index (κ2) is 8.27. The predicted octanol–water partition coefficient (Wildman–Crippen LogP) is 4.29. The first-order chi connectivity index (χ1) is 14.0. The molecule has 2 aliphatic rings. The topological polar surface area (TPSA) is 52.7 Å². The van der Waals surface area contributed by atoms with Crippen molar-refractivity contribution in [3.8, 4) is 0 Å². The first-order valence-electron chi connectivity index (χ1n) is 10.6. The van der Waals surface area contributed by atoms with Gasteiger partial charge in [-0.05, 0) is 74.6 Å². The Bertz CT molecular complexity index is 901. The summed E-state index contributed by atoms with van der Waals surface area (Å²) in [4.78, 5) is 29.5. The van der Waals surface area contributed by atoms with E-state index in [-0.39, 0.29) is 24.2 Å². The minimum Gasteiger partial charge on any atom is -0.372 e. The summed E-state index contributed by atoms with van der Waals surface area (Å²) in [6.07, 6.45) is 4.04. The molecule has 0 saturated carbocycles. The number of carbonyl (C=O) groups excluding carboxylic acids is 2. The fourth-order valence-electron chi connectivity index (χ4n) is 4.25. The number of nitrogens with zero attached hydrogens (tertiary/aromatic N) is 2. The summed E-state index contributed by atoms with van der Waals surface area (Å²) >= 11 is 0. The van der Waals surface area contributed by atoms with Gasteiger partial charge in [-0.2, -0.15) is 0 Å². The predicted molar refractivity (Wildman–Crippen MR) is 118 cm³/mol. The second-order valence-corrected chi connectivity index (χ2v) is 8.21. The van der Waals surface area contributed by atoms with Crippen LogP contribution in [0.5, 0.6) is 0 Å². The number of hydrogen-bond acceptors (Lipinski definition) is 3. The molecule has 152 valence electrons. The van der Waals surface area contributed by atoms with Crippen molar-refractivity contribution in [2.75, 3.05) is 34.8 Å². The van der Waals surface area contributed by atoms with Crippen molar-refractivity contribution < 1.29 is 9.59 Å². The molecular weight excluding hydrogens is 362 g/mol. The fourth-order valence-corrected chi connectivity index (χ4v) is 4.25. The van der Waals surface area contributed by atoms with Crippen LogP contribution in [-0.2, 0) is 9.59 Å². The molecule has 29 heavy (non-hydrogen) atoms. The average Bonchev–Trinajstić information content (AvgIpc) is 3.14. The summed E-state index contributed by atoms with van der Waals surface area (Å²) in [7, 11) is 0. The zero-order valence-electron chi connectivity index (χ0n) is 17.3. The van der Waals surface area contributed by atoms with E-state index in [1.54, 1.807) is 4.90 Å². The lowest BCUT2D eigenvalue weighted by molar-refractivity contribution is -0.122. The van der Waals surface area contributed by atoms with Gasteiger partial charge in [0.05, 0.1) is 5.92 Å². The largest absolute Gasteiger partial charge is 0.372 e. The van der Waals surface area contributed by atoms with Crippen LogP contribution >= 0.6 is 0 Å². The van der Waals surface area contributed by atoms with Crippen molar-refractivity contribution in [3.63, 3.8) is 0 Å². The Morgan fingerprint density at radius 2 is 1.66 bits per heavy atom. The molecule has 0 aromatic heterocycles. The van der Waals surface area contributed by atoms with Crippen LogP contribution in [0, 0.1) is 19.8 Å². The van der Waals surface area contributed by atoms with Gasteiger partial charge < -0.3 is 15.1 Å². The lowest BCUT2D eigenvalue weighted by atomic mass is 10.1. The molecule has 1 unspecified atom stereocenters. The molecule has 2 aromatic rings. The van der Waals surface area contributed by atoms with Gasteiger partial charge in [0.25, 0.3) is 0 Å². The summed E-state index contributed by atoms with van der Waals surface area (Å²) in [5, 5.41) is 3.01. The number of benzene rings is 2. The van der Waals surface area contributed by atoms with Crippen LogP contribution in [0.2, 0.25) is 0 Å². The van der Waals surface area contributed by atoms with Crippen molar-refractivity contribution in [2.45, 2.75) is 39.5 Å². The molecule has 2 fully saturated rings. The Hall–Kier alpha value is -2.82. The van der Waals surface area contributed by atoms with E-state index in [0.29, 0.717) is 6.54 Å². The molecule has 5 nitrogen and oxygen atoms in total. The van der Waals surface area contributed by atoms with Gasteiger partial charge in [0.1, 0.15) is 0 Å². The normalized spacial score (nSPS) is 19.5. The number of piperidine rings is 1. The Morgan fingerprint density at radius 1 is 0.966 bits per heavy atom. The van der Waals surface area contributed by atoms with Crippen molar-refractivity contribution in [1.29, 1.82) is 0 Å². The van der Waals surface area contributed by atoms with E-state index in [2.05, 4.69) is 22.3 Å². The van der Waals surface area contributed by atoms with Crippen LogP contribution in [0.25, 0.3) is 0 Å². The number of aryl methyl sites for hydroxylation is 1. The van der Waals surface area contributed by atoms with Gasteiger partial charge in [0.15, 0.2) is 0 Å². The van der Waals surface area contributed by atoms with Crippen LogP contribution in [0.4, 0.5) is 17.1 Å². The summed E-state index contributed by atoms with van der Waals surface area (Å²) in [6, 6.07) is 14.1. The summed E-state index contributed by atoms with van der Waals surface area (Å²) < 4.78 is 0. The Morgan fingerprint density at radius 3 is 2.38 bits per heavy atom. The fraction of sp³-hybridized carbons (Fsp3) is 0.417. The third kappa shape index (κ3) is 4.14. The minimum atomic E-state index is -0.329. The minimum absolute atomic E-state index is 0.0110. The molecule has 1 N–H and O–H groups in total. The molecule has 0 radical (unpaired) electrons. The molecule has 5 heteroatoms. The Labute approximate surface area is 172 Å². The molecule has 1 atom stereocenters. The monoisotopic (exact) mass is 391 g/mol. The molecule has 0 aliphatic carbocycles. The van der Waals surface area contributed by atoms with Crippen molar-refractivity contribution in [1.82, 2.24) is 0 Å². The van der Waals surface area contributed by atoms with E-state index in [4.69, 9.17) is 0 Å². The zero-order chi connectivity index (χ0) is 20.4. The van der Waals surface area contributed by atoms with Crippen LogP contribution < -0.4 is 15.1 Å². The van der Waals surface area contributed by atoms with Crippen molar-refractivity contribution in [3.05, 3.63) is 53.6 Å². The first kappa shape index (κ1) is 19.5. The van der Waals surface area contributed by atoms with Crippen LogP contribution in [0.3, 0.4) is 0 Å². The highest BCUT2D eigenvalue weighted by Crippen LogP contribution is 2.29. The first-order valence-corrected chi connectivity index (χ1v) is 10.6. The van der Waals surface area contributed by atoms with Gasteiger partial charge in [-0.3, -0.25) is 9.59 Å². The van der Waals surface area contributed by atoms with E-state index in [9.17, 15) is 9.59 Å². The number of carbonyl (C=O) groups is 2. The average molecular weight is 392 g/mol. The third-order valence-corrected chi connectivity index (χ3v) is 6.24. The quantitative estimate of drug-likeness (QED) is 0.846. The second-order valence-electron chi connectivity index (χ2n) is 8.21. The van der Waals surface area contributed by atoms with E-state index in [1.807, 2.05) is 44.2 Å². The zero-order valence-corrected chi connectivity index (χ0v) is 17.3. The van der Waals surface area contributed by atoms with Gasteiger partial charge in [0.2, 0.25) is 11.8 Å². The van der Waals surface area contributed by atoms with Crippen LogP contribution in [0.1, 0.15) is 36.8 Å². The third-order valence-electron chi connectivity index (χ3n) is 6.24. The Kier molecular flexibility index (Phi) is 5.56. The maximum Gasteiger partial charge on any atom is 0.229 e. The summed E-state index contributed by atoms with van der Waals surface area (Å²) in [5.41, 5.74) is 5.12. The van der Waals surface area contributed by atoms with Gasteiger partial charge in [-0.15, -0.1) is 0 Å². The van der Waals surface area contributed by atoms with E-state index in [1.165, 1.54) is 24.9 Å². The molecule has 2 heterocycles. The number of anilines is 3. The van der Waals surface area contributed by atoms with Gasteiger partial charge in [-0.1, -0.05) is 12.1 Å². The number of rotatable bonds is 4. The Balaban J connectivity index is 1.42. The smallest absolute Gasteiger partial charge is 0.229 e. The SMILES string of the molecule is Cc1cccc(NC(=O)C2CC(=O)N(c3ccc(N4CCCCC4)cc3)C2)c1C. The molecule has 2 aliphatic heterocycles. The number of amides is 2. The summed E-state index contributed by atoms with van der Waals surface area (Å²) in [5.74, 6) is -0.402. The summed E-state index contributed by atoms with van der Waals surface area (Å²) in [6.45, 7) is 6.66.